The van der Waals surface area contributed by atoms with E-state index in [9.17, 15) is 4.79 Å². The summed E-state index contributed by atoms with van der Waals surface area (Å²) in [5, 5.41) is 2.94. The first-order chi connectivity index (χ1) is 6.20. The molecule has 0 unspecified atom stereocenters. The fourth-order valence-corrected chi connectivity index (χ4v) is 1.51. The molecule has 0 heterocycles. The third kappa shape index (κ3) is 3.62. The normalized spacial score (nSPS) is 16.8. The molecule has 0 atom stereocenters. The van der Waals surface area contributed by atoms with E-state index >= 15 is 0 Å². The van der Waals surface area contributed by atoms with Gasteiger partial charge in [0.15, 0.2) is 0 Å². The third-order valence-electron chi connectivity index (χ3n) is 2.48. The lowest BCUT2D eigenvalue weighted by atomic mass is 10.0. The van der Waals surface area contributed by atoms with Crippen molar-refractivity contribution in [2.24, 2.45) is 11.8 Å². The minimum atomic E-state index is 0.113. The molecule has 2 nitrogen and oxygen atoms in total. The smallest absolute Gasteiger partial charge is 0.222 e. The zero-order valence-electron chi connectivity index (χ0n) is 8.55. The second kappa shape index (κ2) is 5.05. The Balaban J connectivity index is 2.03. The fourth-order valence-electron chi connectivity index (χ4n) is 1.51. The summed E-state index contributed by atoms with van der Waals surface area (Å²) in [6.45, 7) is 4.68. The van der Waals surface area contributed by atoms with Crippen molar-refractivity contribution < 1.29 is 4.79 Å². The van der Waals surface area contributed by atoms with Gasteiger partial charge in [0.05, 0.1) is 0 Å². The zero-order chi connectivity index (χ0) is 9.68. The Kier molecular flexibility index (Phi) is 4.00. The molecule has 0 aliphatic heterocycles. The molecule has 0 fully saturated rings. The molecule has 1 amide bonds. The van der Waals surface area contributed by atoms with Gasteiger partial charge < -0.3 is 5.32 Å². The highest BCUT2D eigenvalue weighted by Gasteiger charge is 2.11. The lowest BCUT2D eigenvalue weighted by Gasteiger charge is -2.11. The summed E-state index contributed by atoms with van der Waals surface area (Å²) in [5.74, 6) is 1.06. The summed E-state index contributed by atoms with van der Waals surface area (Å²) >= 11 is 0. The van der Waals surface area contributed by atoms with E-state index in [4.69, 9.17) is 0 Å². The van der Waals surface area contributed by atoms with Crippen molar-refractivity contribution in [1.29, 1.82) is 0 Å². The van der Waals surface area contributed by atoms with Crippen LogP contribution in [0.5, 0.6) is 0 Å². The summed E-state index contributed by atoms with van der Waals surface area (Å²) in [6, 6.07) is 0. The molecule has 0 aromatic heterocycles. The van der Waals surface area contributed by atoms with Gasteiger partial charge in [-0.3, -0.25) is 4.79 Å². The lowest BCUT2D eigenvalue weighted by molar-refractivity contribution is -0.124. The topological polar surface area (TPSA) is 29.1 Å². The van der Waals surface area contributed by atoms with Crippen LogP contribution in [0.4, 0.5) is 0 Å². The van der Waals surface area contributed by atoms with Gasteiger partial charge in [-0.2, -0.15) is 0 Å². The summed E-state index contributed by atoms with van der Waals surface area (Å²) in [7, 11) is 0. The summed E-state index contributed by atoms with van der Waals surface area (Å²) in [5.41, 5.74) is 0. The van der Waals surface area contributed by atoms with Crippen molar-refractivity contribution in [3.63, 3.8) is 0 Å². The van der Waals surface area contributed by atoms with E-state index in [0.717, 1.165) is 18.9 Å². The Morgan fingerprint density at radius 3 is 2.62 bits per heavy atom. The highest BCUT2D eigenvalue weighted by molar-refractivity contribution is 5.77. The molecule has 0 radical (unpaired) electrons. The van der Waals surface area contributed by atoms with E-state index in [1.54, 1.807) is 0 Å². The monoisotopic (exact) mass is 181 g/mol. The van der Waals surface area contributed by atoms with Crippen LogP contribution in [0.1, 0.15) is 33.1 Å². The molecule has 74 valence electrons. The molecule has 1 aliphatic carbocycles. The molecule has 1 N–H and O–H groups in total. The molecule has 0 bridgehead atoms. The van der Waals surface area contributed by atoms with E-state index < -0.39 is 0 Å². The minimum absolute atomic E-state index is 0.113. The van der Waals surface area contributed by atoms with Crippen LogP contribution in [-0.2, 0) is 4.79 Å². The average molecular weight is 181 g/mol. The van der Waals surface area contributed by atoms with Crippen LogP contribution in [0.2, 0.25) is 0 Å². The van der Waals surface area contributed by atoms with Gasteiger partial charge >= 0.3 is 0 Å². The summed E-state index contributed by atoms with van der Waals surface area (Å²) in [4.78, 5) is 11.2. The lowest BCUT2D eigenvalue weighted by Crippen LogP contribution is -2.29. The first-order valence-corrected chi connectivity index (χ1v) is 5.13. The number of nitrogens with one attached hydrogen (secondary N) is 1. The molecule has 13 heavy (non-hydrogen) atoms. The van der Waals surface area contributed by atoms with E-state index in [1.165, 1.54) is 12.8 Å². The van der Waals surface area contributed by atoms with Crippen molar-refractivity contribution in [2.75, 3.05) is 6.54 Å². The Labute approximate surface area is 80.4 Å². The first-order valence-electron chi connectivity index (χ1n) is 5.13. The molecule has 0 aromatic rings. The average Bonchev–Trinajstić information content (AvgIpc) is 2.56. The van der Waals surface area contributed by atoms with E-state index in [-0.39, 0.29) is 11.8 Å². The number of amides is 1. The molecule has 0 saturated carbocycles. The standard InChI is InChI=1S/C11H19NO/c1-9(2)11(13)12-8-7-10-5-3-4-6-10/h3-4,9-10H,5-8H2,1-2H3,(H,12,13). The highest BCUT2D eigenvalue weighted by atomic mass is 16.1. The molecular weight excluding hydrogens is 162 g/mol. The van der Waals surface area contributed by atoms with Crippen molar-refractivity contribution in [3.8, 4) is 0 Å². The predicted octanol–water partition coefficient (Wildman–Crippen LogP) is 2.11. The van der Waals surface area contributed by atoms with Gasteiger partial charge in [0.2, 0.25) is 5.91 Å². The second-order valence-corrected chi connectivity index (χ2v) is 4.04. The van der Waals surface area contributed by atoms with Crippen LogP contribution in [0.3, 0.4) is 0 Å². The predicted molar refractivity (Wildman–Crippen MR) is 54.3 cm³/mol. The van der Waals surface area contributed by atoms with Crippen LogP contribution >= 0.6 is 0 Å². The Hall–Kier alpha value is -0.790. The fraction of sp³-hybridized carbons (Fsp3) is 0.727. The van der Waals surface area contributed by atoms with Crippen molar-refractivity contribution in [3.05, 3.63) is 12.2 Å². The maximum Gasteiger partial charge on any atom is 0.222 e. The highest BCUT2D eigenvalue weighted by Crippen LogP contribution is 2.20. The van der Waals surface area contributed by atoms with Crippen LogP contribution < -0.4 is 5.32 Å². The number of carbonyl (C=O) groups excluding carboxylic acids is 1. The molecule has 1 rings (SSSR count). The third-order valence-corrected chi connectivity index (χ3v) is 2.48. The zero-order valence-corrected chi connectivity index (χ0v) is 8.55. The Morgan fingerprint density at radius 2 is 2.08 bits per heavy atom. The summed E-state index contributed by atoms with van der Waals surface area (Å²) < 4.78 is 0. The number of carbonyl (C=O) groups is 1. The molecule has 0 spiro atoms. The van der Waals surface area contributed by atoms with Gasteiger partial charge in [-0.1, -0.05) is 26.0 Å². The first kappa shape index (κ1) is 10.3. The van der Waals surface area contributed by atoms with E-state index in [0.29, 0.717) is 0 Å². The second-order valence-electron chi connectivity index (χ2n) is 4.04. The number of allylic oxidation sites excluding steroid dienone is 2. The van der Waals surface area contributed by atoms with Gasteiger partial charge in [-0.05, 0) is 25.2 Å². The quantitative estimate of drug-likeness (QED) is 0.661. The van der Waals surface area contributed by atoms with Gasteiger partial charge in [0, 0.05) is 12.5 Å². The molecule has 0 saturated heterocycles. The van der Waals surface area contributed by atoms with Crippen LogP contribution in [0, 0.1) is 11.8 Å². The van der Waals surface area contributed by atoms with Gasteiger partial charge in [-0.15, -0.1) is 0 Å². The SMILES string of the molecule is CC(C)C(=O)NCCC1CC=CC1. The van der Waals surface area contributed by atoms with Crippen LogP contribution in [0.25, 0.3) is 0 Å². The molecule has 2 heteroatoms. The maximum absolute atomic E-state index is 11.2. The Morgan fingerprint density at radius 1 is 1.46 bits per heavy atom. The van der Waals surface area contributed by atoms with Gasteiger partial charge in [0.25, 0.3) is 0 Å². The molecular formula is C11H19NO. The number of hydrogen-bond donors (Lipinski definition) is 1. The largest absolute Gasteiger partial charge is 0.356 e. The Bertz CT molecular complexity index is 188. The summed E-state index contributed by atoms with van der Waals surface area (Å²) in [6.07, 6.45) is 7.96. The number of rotatable bonds is 4. The van der Waals surface area contributed by atoms with Crippen LogP contribution in [0.15, 0.2) is 12.2 Å². The van der Waals surface area contributed by atoms with Crippen LogP contribution in [-0.4, -0.2) is 12.5 Å². The van der Waals surface area contributed by atoms with Crippen molar-refractivity contribution in [1.82, 2.24) is 5.32 Å². The number of hydrogen-bond acceptors (Lipinski definition) is 1. The van der Waals surface area contributed by atoms with Gasteiger partial charge in [0.1, 0.15) is 0 Å². The van der Waals surface area contributed by atoms with E-state index in [1.807, 2.05) is 13.8 Å². The molecule has 0 aromatic carbocycles. The maximum atomic E-state index is 11.2. The van der Waals surface area contributed by atoms with Crippen molar-refractivity contribution >= 4 is 5.91 Å². The van der Waals surface area contributed by atoms with Gasteiger partial charge in [-0.25, -0.2) is 0 Å². The van der Waals surface area contributed by atoms with E-state index in [2.05, 4.69) is 17.5 Å². The van der Waals surface area contributed by atoms with Crippen molar-refractivity contribution in [2.45, 2.75) is 33.1 Å². The minimum Gasteiger partial charge on any atom is -0.356 e. The molecule has 1 aliphatic rings.